The van der Waals surface area contributed by atoms with Gasteiger partial charge in [-0.05, 0) is 30.7 Å². The van der Waals surface area contributed by atoms with Crippen LogP contribution in [-0.2, 0) is 35.9 Å². The first-order valence-corrected chi connectivity index (χ1v) is 11.1. The van der Waals surface area contributed by atoms with E-state index in [1.54, 1.807) is 0 Å². The van der Waals surface area contributed by atoms with Crippen LogP contribution in [0, 0.1) is 0 Å². The minimum absolute atomic E-state index is 0.00214. The second-order valence-electron chi connectivity index (χ2n) is 7.14. The predicted molar refractivity (Wildman–Crippen MR) is 119 cm³/mol. The third kappa shape index (κ3) is 6.08. The van der Waals surface area contributed by atoms with E-state index in [9.17, 15) is 27.9 Å². The van der Waals surface area contributed by atoms with E-state index in [2.05, 4.69) is 14.2 Å². The number of fused-ring (bicyclic) bond motifs is 1. The number of phenolic OH excluding ortho intramolecular Hbond substituents is 1. The highest BCUT2D eigenvalue weighted by molar-refractivity contribution is 7.80. The summed E-state index contributed by atoms with van der Waals surface area (Å²) in [6.07, 6.45) is -0.783. The molecular weight excluding hydrogens is 488 g/mol. The summed E-state index contributed by atoms with van der Waals surface area (Å²) >= 11 is 0. The molecule has 2 aromatic heterocycles. The van der Waals surface area contributed by atoms with E-state index < -0.39 is 39.8 Å². The topological polar surface area (TPSA) is 200 Å². The van der Waals surface area contributed by atoms with Gasteiger partial charge in [0.15, 0.2) is 17.3 Å². The van der Waals surface area contributed by atoms with E-state index in [-0.39, 0.29) is 28.4 Å². The van der Waals surface area contributed by atoms with Crippen molar-refractivity contribution in [1.29, 1.82) is 0 Å². The molecular formula is C20H20N4O10S. The smallest absolute Gasteiger partial charge is 0.397 e. The zero-order valence-electron chi connectivity index (χ0n) is 18.5. The number of phenols is 1. The predicted octanol–water partition coefficient (Wildman–Crippen LogP) is 0.202. The highest BCUT2D eigenvalue weighted by Crippen LogP contribution is 2.25. The molecule has 0 amide bonds. The van der Waals surface area contributed by atoms with Crippen molar-refractivity contribution < 1.29 is 36.5 Å². The Morgan fingerprint density at radius 3 is 2.49 bits per heavy atom. The molecule has 0 spiro atoms. The van der Waals surface area contributed by atoms with Crippen molar-refractivity contribution in [2.45, 2.75) is 19.1 Å². The van der Waals surface area contributed by atoms with Gasteiger partial charge in [0.2, 0.25) is 5.76 Å². The molecule has 0 radical (unpaired) electrons. The van der Waals surface area contributed by atoms with Crippen LogP contribution in [0.5, 0.6) is 5.75 Å². The van der Waals surface area contributed by atoms with E-state index in [0.717, 1.165) is 10.8 Å². The largest absolute Gasteiger partial charge is 0.508 e. The first-order valence-electron chi connectivity index (χ1n) is 9.77. The molecule has 0 aliphatic carbocycles. The van der Waals surface area contributed by atoms with Crippen molar-refractivity contribution in [3.8, 4) is 5.75 Å². The number of nitrogens with zero attached hydrogens (tertiary/aromatic N) is 3. The number of esters is 1. The van der Waals surface area contributed by atoms with E-state index in [1.165, 1.54) is 51.4 Å². The molecule has 0 aliphatic rings. The summed E-state index contributed by atoms with van der Waals surface area (Å²) in [5.41, 5.74) is -1.74. The molecule has 0 bridgehead atoms. The number of carbonyl (C=O) groups is 1. The molecule has 186 valence electrons. The van der Waals surface area contributed by atoms with Crippen LogP contribution >= 0.6 is 0 Å². The molecule has 3 rings (SSSR count). The molecule has 0 fully saturated rings. The monoisotopic (exact) mass is 508 g/mol. The van der Waals surface area contributed by atoms with Crippen molar-refractivity contribution in [3.63, 3.8) is 0 Å². The second kappa shape index (κ2) is 10.0. The number of aromatic amines is 1. The van der Waals surface area contributed by atoms with Gasteiger partial charge in [-0.3, -0.25) is 18.9 Å². The maximum atomic E-state index is 12.8. The molecule has 15 heteroatoms. The van der Waals surface area contributed by atoms with E-state index in [0.29, 0.717) is 5.56 Å². The lowest BCUT2D eigenvalue weighted by molar-refractivity contribution is -0.153. The Hall–Kier alpha value is -4.08. The summed E-state index contributed by atoms with van der Waals surface area (Å²) < 4.78 is 47.7. The van der Waals surface area contributed by atoms with Gasteiger partial charge in [-0.25, -0.2) is 23.7 Å². The number of ether oxygens (including phenoxy) is 2. The Labute approximate surface area is 197 Å². The van der Waals surface area contributed by atoms with Gasteiger partial charge in [-0.2, -0.15) is 8.42 Å². The van der Waals surface area contributed by atoms with Crippen LogP contribution in [-0.4, -0.2) is 56.8 Å². The number of benzene rings is 1. The third-order valence-electron chi connectivity index (χ3n) is 4.67. The van der Waals surface area contributed by atoms with Crippen molar-refractivity contribution in [2.75, 3.05) is 7.11 Å². The van der Waals surface area contributed by atoms with Crippen LogP contribution in [0.3, 0.4) is 0 Å². The summed E-state index contributed by atoms with van der Waals surface area (Å²) in [6, 6.07) is 5.75. The van der Waals surface area contributed by atoms with Crippen molar-refractivity contribution in [3.05, 3.63) is 68.3 Å². The molecule has 3 N–H and O–H groups in total. The van der Waals surface area contributed by atoms with Gasteiger partial charge in [0.05, 0.1) is 13.3 Å². The average molecular weight is 508 g/mol. The Morgan fingerprint density at radius 1 is 1.23 bits per heavy atom. The fraction of sp³-hybridized carbons (Fsp3) is 0.250. The Kier molecular flexibility index (Phi) is 7.33. The number of rotatable bonds is 8. The highest BCUT2D eigenvalue weighted by atomic mass is 32.3. The van der Waals surface area contributed by atoms with Gasteiger partial charge in [0.25, 0.3) is 5.56 Å². The number of hydrogen-bond donors (Lipinski definition) is 3. The molecule has 3 aromatic rings. The molecule has 2 atom stereocenters. The summed E-state index contributed by atoms with van der Waals surface area (Å²) in [6.45, 7) is 1.17. The van der Waals surface area contributed by atoms with Crippen LogP contribution < -0.4 is 11.2 Å². The lowest BCUT2D eigenvalue weighted by Crippen LogP contribution is -2.31. The summed E-state index contributed by atoms with van der Waals surface area (Å²) in [5.74, 6) is -1.39. The number of methoxy groups -OCH3 is 1. The lowest BCUT2D eigenvalue weighted by atomic mass is 10.1. The molecule has 0 aliphatic heterocycles. The zero-order chi connectivity index (χ0) is 25.9. The molecule has 2 heterocycles. The highest BCUT2D eigenvalue weighted by Gasteiger charge is 2.31. The Bertz CT molecular complexity index is 1510. The minimum Gasteiger partial charge on any atom is -0.508 e. The van der Waals surface area contributed by atoms with E-state index in [1.807, 2.05) is 4.98 Å². The van der Waals surface area contributed by atoms with Gasteiger partial charge >= 0.3 is 22.1 Å². The van der Waals surface area contributed by atoms with Crippen LogP contribution in [0.25, 0.3) is 17.2 Å². The summed E-state index contributed by atoms with van der Waals surface area (Å²) in [7, 11) is -2.44. The SMILES string of the molecule is CO/C(=C\c1ccc(O)cc1)C(=O)O[C@@H](c1cnc2c(n1)c(=O)[nH]c(=O)n2C)[C@H](C)OS(=O)(=O)O. The number of H-pyrrole nitrogens is 1. The maximum absolute atomic E-state index is 12.8. The molecule has 0 unspecified atom stereocenters. The first-order chi connectivity index (χ1) is 16.4. The van der Waals surface area contributed by atoms with Gasteiger partial charge in [0, 0.05) is 7.05 Å². The van der Waals surface area contributed by atoms with Crippen LogP contribution in [0.2, 0.25) is 0 Å². The van der Waals surface area contributed by atoms with Crippen molar-refractivity contribution in [1.82, 2.24) is 19.5 Å². The van der Waals surface area contributed by atoms with Gasteiger partial charge < -0.3 is 14.6 Å². The molecule has 0 saturated carbocycles. The van der Waals surface area contributed by atoms with Crippen LogP contribution in [0.15, 0.2) is 45.8 Å². The molecule has 14 nitrogen and oxygen atoms in total. The number of hydrogen-bond acceptors (Lipinski definition) is 11. The third-order valence-corrected chi connectivity index (χ3v) is 5.21. The minimum atomic E-state index is -4.98. The van der Waals surface area contributed by atoms with Crippen molar-refractivity contribution >= 4 is 33.6 Å². The molecule has 0 saturated heterocycles. The normalized spacial score (nSPS) is 13.9. The van der Waals surface area contributed by atoms with Gasteiger partial charge in [0.1, 0.15) is 17.5 Å². The number of nitrogens with one attached hydrogen (secondary N) is 1. The maximum Gasteiger partial charge on any atom is 0.397 e. The van der Waals surface area contributed by atoms with Crippen LogP contribution in [0.1, 0.15) is 24.3 Å². The fourth-order valence-corrected chi connectivity index (χ4v) is 3.49. The number of carbonyl (C=O) groups excluding carboxylic acids is 1. The van der Waals surface area contributed by atoms with Gasteiger partial charge in [-0.15, -0.1) is 0 Å². The Balaban J connectivity index is 2.04. The quantitative estimate of drug-likeness (QED) is 0.162. The van der Waals surface area contributed by atoms with Crippen LogP contribution in [0.4, 0.5) is 0 Å². The van der Waals surface area contributed by atoms with Crippen molar-refractivity contribution in [2.24, 2.45) is 7.05 Å². The average Bonchev–Trinajstić information content (AvgIpc) is 2.79. The first kappa shape index (κ1) is 25.5. The Morgan fingerprint density at radius 2 is 1.89 bits per heavy atom. The number of aryl methyl sites for hydroxylation is 1. The lowest BCUT2D eigenvalue weighted by Gasteiger charge is -2.23. The van der Waals surface area contributed by atoms with E-state index >= 15 is 0 Å². The second-order valence-corrected chi connectivity index (χ2v) is 8.19. The number of aromatic nitrogens is 4. The zero-order valence-corrected chi connectivity index (χ0v) is 19.3. The van der Waals surface area contributed by atoms with Gasteiger partial charge in [-0.1, -0.05) is 12.1 Å². The summed E-state index contributed by atoms with van der Waals surface area (Å²) in [4.78, 5) is 47.0. The molecule has 1 aromatic carbocycles. The number of aromatic hydroxyl groups is 1. The standard InChI is InChI=1S/C20H20N4O10S/c1-10(34-35(29,30)31)16(13-9-21-17-15(22-13)18(26)23-20(28)24(17)2)33-19(27)14(32-3)8-11-4-6-12(25)7-5-11/h4-10,16,25H,1-3H3,(H,23,26,28)(H,29,30,31)/b14-8-/t10-,16+/m0/s1. The molecule has 35 heavy (non-hydrogen) atoms. The van der Waals surface area contributed by atoms with E-state index in [4.69, 9.17) is 14.0 Å². The summed E-state index contributed by atoms with van der Waals surface area (Å²) in [5, 5.41) is 9.40. The fourth-order valence-electron chi connectivity index (χ4n) is 3.00.